The molecule has 0 aliphatic carbocycles. The van der Waals surface area contributed by atoms with E-state index in [0.29, 0.717) is 18.3 Å². The van der Waals surface area contributed by atoms with Crippen molar-refractivity contribution in [1.82, 2.24) is 15.5 Å². The first kappa shape index (κ1) is 14.1. The Morgan fingerprint density at radius 2 is 2.12 bits per heavy atom. The van der Waals surface area contributed by atoms with Crippen LogP contribution in [-0.4, -0.2) is 23.8 Å². The first-order valence-electron chi connectivity index (χ1n) is 6.19. The van der Waals surface area contributed by atoms with E-state index in [-0.39, 0.29) is 11.6 Å². The van der Waals surface area contributed by atoms with Gasteiger partial charge in [-0.25, -0.2) is 0 Å². The molecule has 0 radical (unpaired) electrons. The van der Waals surface area contributed by atoms with Gasteiger partial charge in [0.05, 0.1) is 5.54 Å². The molecule has 1 heterocycles. The molecule has 1 N–H and O–H groups in total. The van der Waals surface area contributed by atoms with E-state index >= 15 is 0 Å². The third-order valence-electron chi connectivity index (χ3n) is 2.81. The molecule has 1 rings (SSSR count). The molecule has 0 fully saturated rings. The topological polar surface area (TPSA) is 60.2 Å². The fourth-order valence-electron chi connectivity index (χ4n) is 1.48. The third-order valence-corrected chi connectivity index (χ3v) is 2.81. The molecule has 0 saturated heterocycles. The van der Waals surface area contributed by atoms with Crippen molar-refractivity contribution >= 4 is 0 Å². The maximum Gasteiger partial charge on any atom is 0.246 e. The Balaban J connectivity index is 2.84. The molecular weight excluding hydrogens is 218 g/mol. The maximum absolute atomic E-state index is 5.62. The van der Waals surface area contributed by atoms with Crippen molar-refractivity contribution in [3.8, 4) is 0 Å². The van der Waals surface area contributed by atoms with Crippen LogP contribution in [-0.2, 0) is 10.3 Å². The van der Waals surface area contributed by atoms with Crippen molar-refractivity contribution in [2.24, 2.45) is 0 Å². The molecular formula is C12H23N3O2. The van der Waals surface area contributed by atoms with Gasteiger partial charge in [-0.2, -0.15) is 4.98 Å². The van der Waals surface area contributed by atoms with Gasteiger partial charge in [-0.3, -0.25) is 0 Å². The Hall–Kier alpha value is -0.940. The SMILES string of the molecule is CCCC(OCC)c1noc(C(C)(C)NC)n1. The van der Waals surface area contributed by atoms with Crippen LogP contribution in [0.4, 0.5) is 0 Å². The Morgan fingerprint density at radius 1 is 1.41 bits per heavy atom. The summed E-state index contributed by atoms with van der Waals surface area (Å²) < 4.78 is 10.9. The van der Waals surface area contributed by atoms with Gasteiger partial charge in [0.2, 0.25) is 11.7 Å². The van der Waals surface area contributed by atoms with Gasteiger partial charge in [-0.15, -0.1) is 0 Å². The van der Waals surface area contributed by atoms with Gasteiger partial charge in [0, 0.05) is 6.61 Å². The first-order valence-corrected chi connectivity index (χ1v) is 6.19. The second-order valence-corrected chi connectivity index (χ2v) is 4.57. The molecule has 17 heavy (non-hydrogen) atoms. The third kappa shape index (κ3) is 3.51. The number of nitrogens with one attached hydrogen (secondary N) is 1. The van der Waals surface area contributed by atoms with E-state index in [4.69, 9.17) is 9.26 Å². The van der Waals surface area contributed by atoms with Crippen molar-refractivity contribution in [3.05, 3.63) is 11.7 Å². The largest absolute Gasteiger partial charge is 0.370 e. The molecule has 0 aromatic carbocycles. The summed E-state index contributed by atoms with van der Waals surface area (Å²) in [7, 11) is 1.87. The molecule has 0 saturated carbocycles. The Kier molecular flexibility index (Phi) is 5.08. The van der Waals surface area contributed by atoms with E-state index in [1.54, 1.807) is 0 Å². The fraction of sp³-hybridized carbons (Fsp3) is 0.833. The van der Waals surface area contributed by atoms with Crippen molar-refractivity contribution < 1.29 is 9.26 Å². The number of rotatable bonds is 7. The number of hydrogen-bond donors (Lipinski definition) is 1. The smallest absolute Gasteiger partial charge is 0.246 e. The summed E-state index contributed by atoms with van der Waals surface area (Å²) in [6.07, 6.45) is 1.88. The highest BCUT2D eigenvalue weighted by molar-refractivity contribution is 5.00. The van der Waals surface area contributed by atoms with Crippen LogP contribution in [0.5, 0.6) is 0 Å². The van der Waals surface area contributed by atoms with Gasteiger partial charge in [0.15, 0.2) is 0 Å². The monoisotopic (exact) mass is 241 g/mol. The van der Waals surface area contributed by atoms with Crippen LogP contribution in [0.2, 0.25) is 0 Å². The number of hydrogen-bond acceptors (Lipinski definition) is 5. The average molecular weight is 241 g/mol. The second-order valence-electron chi connectivity index (χ2n) is 4.57. The van der Waals surface area contributed by atoms with E-state index in [1.807, 2.05) is 27.8 Å². The molecule has 1 aromatic heterocycles. The predicted octanol–water partition coefficient (Wildman–Crippen LogP) is 2.40. The summed E-state index contributed by atoms with van der Waals surface area (Å²) in [5, 5.41) is 7.15. The van der Waals surface area contributed by atoms with E-state index in [0.717, 1.165) is 12.8 Å². The summed E-state index contributed by atoms with van der Waals surface area (Å²) in [6.45, 7) is 8.75. The first-order chi connectivity index (χ1) is 8.05. The van der Waals surface area contributed by atoms with Crippen LogP contribution >= 0.6 is 0 Å². The average Bonchev–Trinajstić information content (AvgIpc) is 2.78. The van der Waals surface area contributed by atoms with E-state index in [2.05, 4.69) is 22.4 Å². The molecule has 0 spiro atoms. The molecule has 1 unspecified atom stereocenters. The summed E-state index contributed by atoms with van der Waals surface area (Å²) >= 11 is 0. The Bertz CT molecular complexity index is 330. The molecule has 1 aromatic rings. The molecule has 98 valence electrons. The lowest BCUT2D eigenvalue weighted by atomic mass is 10.1. The summed E-state index contributed by atoms with van der Waals surface area (Å²) in [5.41, 5.74) is -0.311. The summed E-state index contributed by atoms with van der Waals surface area (Å²) in [5.74, 6) is 1.24. The van der Waals surface area contributed by atoms with E-state index < -0.39 is 0 Å². The van der Waals surface area contributed by atoms with Crippen molar-refractivity contribution in [3.63, 3.8) is 0 Å². The van der Waals surface area contributed by atoms with Gasteiger partial charge in [-0.1, -0.05) is 18.5 Å². The number of ether oxygens (including phenoxy) is 1. The Labute approximate surface area is 103 Å². The van der Waals surface area contributed by atoms with Crippen LogP contribution in [0.25, 0.3) is 0 Å². The number of aromatic nitrogens is 2. The molecule has 0 aliphatic rings. The van der Waals surface area contributed by atoms with Crippen LogP contribution in [0, 0.1) is 0 Å². The quantitative estimate of drug-likeness (QED) is 0.794. The maximum atomic E-state index is 5.62. The summed E-state index contributed by atoms with van der Waals surface area (Å²) in [4.78, 5) is 4.43. The zero-order valence-corrected chi connectivity index (χ0v) is 11.4. The van der Waals surface area contributed by atoms with Crippen LogP contribution in [0.3, 0.4) is 0 Å². The summed E-state index contributed by atoms with van der Waals surface area (Å²) in [6, 6.07) is 0. The van der Waals surface area contributed by atoms with Gasteiger partial charge in [0.1, 0.15) is 6.10 Å². The number of nitrogens with zero attached hydrogens (tertiary/aromatic N) is 2. The highest BCUT2D eigenvalue weighted by Gasteiger charge is 2.27. The molecule has 0 amide bonds. The van der Waals surface area contributed by atoms with Gasteiger partial charge in [0.25, 0.3) is 0 Å². The molecule has 0 aliphatic heterocycles. The van der Waals surface area contributed by atoms with E-state index in [1.165, 1.54) is 0 Å². The van der Waals surface area contributed by atoms with Gasteiger partial charge in [-0.05, 0) is 34.2 Å². The Morgan fingerprint density at radius 3 is 2.65 bits per heavy atom. The predicted molar refractivity (Wildman–Crippen MR) is 65.7 cm³/mol. The van der Waals surface area contributed by atoms with Crippen LogP contribution in [0.1, 0.15) is 58.4 Å². The second kappa shape index (κ2) is 6.12. The zero-order valence-electron chi connectivity index (χ0n) is 11.4. The lowest BCUT2D eigenvalue weighted by Crippen LogP contribution is -2.33. The minimum absolute atomic E-state index is 0.0600. The van der Waals surface area contributed by atoms with Gasteiger partial charge < -0.3 is 14.6 Å². The molecule has 1 atom stereocenters. The van der Waals surface area contributed by atoms with Crippen LogP contribution < -0.4 is 5.32 Å². The minimum atomic E-state index is -0.311. The standard InChI is InChI=1S/C12H23N3O2/c1-6-8-9(16-7-2)10-14-11(17-15-10)12(3,4)13-5/h9,13H,6-8H2,1-5H3. The minimum Gasteiger partial charge on any atom is -0.370 e. The molecule has 5 heteroatoms. The van der Waals surface area contributed by atoms with E-state index in [9.17, 15) is 0 Å². The molecule has 5 nitrogen and oxygen atoms in total. The van der Waals surface area contributed by atoms with Crippen molar-refractivity contribution in [2.75, 3.05) is 13.7 Å². The molecule has 0 bridgehead atoms. The van der Waals surface area contributed by atoms with Crippen molar-refractivity contribution in [1.29, 1.82) is 0 Å². The normalized spacial score (nSPS) is 13.9. The zero-order chi connectivity index (χ0) is 12.9. The van der Waals surface area contributed by atoms with Crippen molar-refractivity contribution in [2.45, 2.75) is 52.2 Å². The van der Waals surface area contributed by atoms with Gasteiger partial charge >= 0.3 is 0 Å². The lowest BCUT2D eigenvalue weighted by molar-refractivity contribution is 0.0477. The van der Waals surface area contributed by atoms with Crippen LogP contribution in [0.15, 0.2) is 4.52 Å². The highest BCUT2D eigenvalue weighted by Crippen LogP contribution is 2.23. The highest BCUT2D eigenvalue weighted by atomic mass is 16.5. The lowest BCUT2D eigenvalue weighted by Gasteiger charge is -2.18. The fourth-order valence-corrected chi connectivity index (χ4v) is 1.48.